The van der Waals surface area contributed by atoms with Crippen molar-refractivity contribution in [1.82, 2.24) is 15.5 Å². The minimum absolute atomic E-state index is 0.0381. The van der Waals surface area contributed by atoms with Crippen molar-refractivity contribution in [3.05, 3.63) is 0 Å². The molecule has 2 amide bonds. The second kappa shape index (κ2) is 4.82. The van der Waals surface area contributed by atoms with E-state index in [-0.39, 0.29) is 17.7 Å². The highest BCUT2D eigenvalue weighted by molar-refractivity contribution is 5.89. The molecule has 2 heterocycles. The van der Waals surface area contributed by atoms with Gasteiger partial charge >= 0.3 is 0 Å². The molecule has 90 valence electrons. The molecule has 2 rings (SSSR count). The van der Waals surface area contributed by atoms with Crippen LogP contribution >= 0.6 is 0 Å². The van der Waals surface area contributed by atoms with Crippen LogP contribution in [0.5, 0.6) is 0 Å². The molecule has 5 nitrogen and oxygen atoms in total. The zero-order valence-corrected chi connectivity index (χ0v) is 9.66. The lowest BCUT2D eigenvalue weighted by molar-refractivity contribution is -0.128. The Balaban J connectivity index is 1.74. The van der Waals surface area contributed by atoms with Gasteiger partial charge < -0.3 is 15.5 Å². The normalized spacial score (nSPS) is 25.7. The van der Waals surface area contributed by atoms with Crippen LogP contribution in [0.3, 0.4) is 0 Å². The van der Waals surface area contributed by atoms with E-state index in [4.69, 9.17) is 0 Å². The Bertz CT molecular complexity index is 289. The Morgan fingerprint density at radius 2 is 2.31 bits per heavy atom. The van der Waals surface area contributed by atoms with E-state index in [1.165, 1.54) is 0 Å². The minimum atomic E-state index is -0.138. The summed E-state index contributed by atoms with van der Waals surface area (Å²) in [5, 5.41) is 6.10. The van der Waals surface area contributed by atoms with E-state index in [2.05, 4.69) is 10.6 Å². The van der Waals surface area contributed by atoms with Gasteiger partial charge in [-0.3, -0.25) is 9.59 Å². The van der Waals surface area contributed by atoms with E-state index >= 15 is 0 Å². The molecule has 1 unspecified atom stereocenters. The Labute approximate surface area is 95.6 Å². The first-order valence-corrected chi connectivity index (χ1v) is 5.97. The standard InChI is InChI=1S/C11H19N3O2/c1-2-14-7-9(3-10(14)15)11(16)13-6-8-4-12-5-8/h8-9,12H,2-7H2,1H3,(H,13,16). The summed E-state index contributed by atoms with van der Waals surface area (Å²) >= 11 is 0. The van der Waals surface area contributed by atoms with E-state index in [1.54, 1.807) is 4.90 Å². The van der Waals surface area contributed by atoms with Gasteiger partial charge in [0.25, 0.3) is 0 Å². The lowest BCUT2D eigenvalue weighted by atomic mass is 10.0. The lowest BCUT2D eigenvalue weighted by Gasteiger charge is -2.27. The molecule has 0 aromatic carbocycles. The number of rotatable bonds is 4. The van der Waals surface area contributed by atoms with Crippen molar-refractivity contribution >= 4 is 11.8 Å². The predicted molar refractivity (Wildman–Crippen MR) is 59.7 cm³/mol. The Morgan fingerprint density at radius 3 is 2.81 bits per heavy atom. The summed E-state index contributed by atoms with van der Waals surface area (Å²) < 4.78 is 0. The maximum absolute atomic E-state index is 11.8. The molecule has 0 aliphatic carbocycles. The molecule has 2 N–H and O–H groups in total. The zero-order valence-electron chi connectivity index (χ0n) is 9.66. The fraction of sp³-hybridized carbons (Fsp3) is 0.818. The molecule has 2 saturated heterocycles. The molecule has 0 bridgehead atoms. The zero-order chi connectivity index (χ0) is 11.5. The molecule has 0 aromatic heterocycles. The van der Waals surface area contributed by atoms with E-state index in [1.807, 2.05) is 6.92 Å². The average molecular weight is 225 g/mol. The fourth-order valence-electron chi connectivity index (χ4n) is 2.14. The van der Waals surface area contributed by atoms with Crippen LogP contribution in [-0.4, -0.2) is 49.4 Å². The second-order valence-electron chi connectivity index (χ2n) is 4.60. The lowest BCUT2D eigenvalue weighted by Crippen LogP contribution is -2.49. The summed E-state index contributed by atoms with van der Waals surface area (Å²) in [4.78, 5) is 25.0. The third kappa shape index (κ3) is 2.35. The van der Waals surface area contributed by atoms with Gasteiger partial charge in [-0.05, 0) is 6.92 Å². The first-order chi connectivity index (χ1) is 7.70. The molecule has 0 aromatic rings. The van der Waals surface area contributed by atoms with Gasteiger partial charge in [0.1, 0.15) is 0 Å². The van der Waals surface area contributed by atoms with Gasteiger partial charge in [-0.25, -0.2) is 0 Å². The Hall–Kier alpha value is -1.10. The summed E-state index contributed by atoms with van der Waals surface area (Å²) in [6.07, 6.45) is 0.378. The van der Waals surface area contributed by atoms with Crippen molar-refractivity contribution in [2.24, 2.45) is 11.8 Å². The van der Waals surface area contributed by atoms with E-state index < -0.39 is 0 Å². The highest BCUT2D eigenvalue weighted by Crippen LogP contribution is 2.17. The number of nitrogens with one attached hydrogen (secondary N) is 2. The van der Waals surface area contributed by atoms with E-state index in [0.717, 1.165) is 19.6 Å². The monoisotopic (exact) mass is 225 g/mol. The summed E-state index contributed by atoms with van der Waals surface area (Å²) in [6.45, 7) is 5.95. The molecule has 5 heteroatoms. The molecule has 16 heavy (non-hydrogen) atoms. The second-order valence-corrected chi connectivity index (χ2v) is 4.60. The quantitative estimate of drug-likeness (QED) is 0.658. The van der Waals surface area contributed by atoms with Crippen molar-refractivity contribution in [2.45, 2.75) is 13.3 Å². The van der Waals surface area contributed by atoms with Crippen LogP contribution in [-0.2, 0) is 9.59 Å². The van der Waals surface area contributed by atoms with E-state index in [0.29, 0.717) is 25.4 Å². The van der Waals surface area contributed by atoms with Crippen molar-refractivity contribution < 1.29 is 9.59 Å². The molecule has 1 atom stereocenters. The fourth-order valence-corrected chi connectivity index (χ4v) is 2.14. The third-order valence-electron chi connectivity index (χ3n) is 3.40. The van der Waals surface area contributed by atoms with Gasteiger partial charge in [0, 0.05) is 45.1 Å². The topological polar surface area (TPSA) is 61.4 Å². The molecule has 0 spiro atoms. The molecule has 0 saturated carbocycles. The van der Waals surface area contributed by atoms with Crippen molar-refractivity contribution in [2.75, 3.05) is 32.7 Å². The highest BCUT2D eigenvalue weighted by atomic mass is 16.2. The van der Waals surface area contributed by atoms with Gasteiger partial charge in [-0.15, -0.1) is 0 Å². The molecular formula is C11H19N3O2. The van der Waals surface area contributed by atoms with Crippen LogP contribution in [0.15, 0.2) is 0 Å². The third-order valence-corrected chi connectivity index (χ3v) is 3.40. The average Bonchev–Trinajstić information content (AvgIpc) is 2.57. The maximum atomic E-state index is 11.8. The number of hydrogen-bond donors (Lipinski definition) is 2. The maximum Gasteiger partial charge on any atom is 0.225 e. The Morgan fingerprint density at radius 1 is 1.56 bits per heavy atom. The van der Waals surface area contributed by atoms with Crippen LogP contribution in [0.1, 0.15) is 13.3 Å². The largest absolute Gasteiger partial charge is 0.355 e. The molecule has 2 aliphatic heterocycles. The van der Waals surface area contributed by atoms with E-state index in [9.17, 15) is 9.59 Å². The number of hydrogen-bond acceptors (Lipinski definition) is 3. The van der Waals surface area contributed by atoms with Gasteiger partial charge in [-0.1, -0.05) is 0 Å². The SMILES string of the molecule is CCN1CC(C(=O)NCC2CNC2)CC1=O. The van der Waals surface area contributed by atoms with Crippen molar-refractivity contribution in [3.8, 4) is 0 Å². The van der Waals surface area contributed by atoms with Crippen LogP contribution in [0.25, 0.3) is 0 Å². The minimum Gasteiger partial charge on any atom is -0.355 e. The molecular weight excluding hydrogens is 206 g/mol. The molecule has 2 fully saturated rings. The van der Waals surface area contributed by atoms with Gasteiger partial charge in [0.2, 0.25) is 11.8 Å². The first-order valence-electron chi connectivity index (χ1n) is 5.97. The van der Waals surface area contributed by atoms with Crippen LogP contribution in [0.4, 0.5) is 0 Å². The smallest absolute Gasteiger partial charge is 0.225 e. The Kier molecular flexibility index (Phi) is 3.43. The van der Waals surface area contributed by atoms with Crippen molar-refractivity contribution in [1.29, 1.82) is 0 Å². The molecule has 2 aliphatic rings. The van der Waals surface area contributed by atoms with Gasteiger partial charge in [0.05, 0.1) is 5.92 Å². The number of nitrogens with zero attached hydrogens (tertiary/aromatic N) is 1. The molecule has 0 radical (unpaired) electrons. The van der Waals surface area contributed by atoms with Crippen LogP contribution in [0, 0.1) is 11.8 Å². The summed E-state index contributed by atoms with van der Waals surface area (Å²) in [5.74, 6) is 0.577. The predicted octanol–water partition coefficient (Wildman–Crippen LogP) is -0.810. The van der Waals surface area contributed by atoms with Crippen LogP contribution in [0.2, 0.25) is 0 Å². The van der Waals surface area contributed by atoms with Crippen molar-refractivity contribution in [3.63, 3.8) is 0 Å². The summed E-state index contributed by atoms with van der Waals surface area (Å²) in [7, 11) is 0. The number of amides is 2. The van der Waals surface area contributed by atoms with Gasteiger partial charge in [0.15, 0.2) is 0 Å². The van der Waals surface area contributed by atoms with Crippen LogP contribution < -0.4 is 10.6 Å². The number of carbonyl (C=O) groups is 2. The number of carbonyl (C=O) groups excluding carboxylic acids is 2. The highest BCUT2D eigenvalue weighted by Gasteiger charge is 2.33. The summed E-state index contributed by atoms with van der Waals surface area (Å²) in [6, 6.07) is 0. The number of likely N-dealkylation sites (tertiary alicyclic amines) is 1. The van der Waals surface area contributed by atoms with Gasteiger partial charge in [-0.2, -0.15) is 0 Å². The summed E-state index contributed by atoms with van der Waals surface area (Å²) in [5.41, 5.74) is 0. The first kappa shape index (κ1) is 11.4.